The minimum atomic E-state index is -0.266. The summed E-state index contributed by atoms with van der Waals surface area (Å²) < 4.78 is 0. The van der Waals surface area contributed by atoms with Crippen LogP contribution in [0.15, 0.2) is 48.5 Å². The predicted molar refractivity (Wildman–Crippen MR) is 91.8 cm³/mol. The van der Waals surface area contributed by atoms with E-state index in [0.29, 0.717) is 22.0 Å². The van der Waals surface area contributed by atoms with Crippen LogP contribution in [0.2, 0.25) is 5.02 Å². The third-order valence-electron chi connectivity index (χ3n) is 4.00. The largest absolute Gasteiger partial charge is 0.324 e. The Morgan fingerprint density at radius 2 is 1.65 bits per heavy atom. The maximum absolute atomic E-state index is 12.3. The van der Waals surface area contributed by atoms with E-state index in [9.17, 15) is 9.59 Å². The topological polar surface area (TPSA) is 58.2 Å². The molecule has 1 aliphatic carbocycles. The normalized spacial score (nSPS) is 14.0. The number of anilines is 2. The second-order valence-electron chi connectivity index (χ2n) is 5.63. The SMILES string of the molecule is O=C(Nc1ccccc1NC(=O)C1CCC1)c1cccc(Cl)c1. The number of benzene rings is 2. The zero-order valence-corrected chi connectivity index (χ0v) is 13.3. The summed E-state index contributed by atoms with van der Waals surface area (Å²) >= 11 is 5.91. The van der Waals surface area contributed by atoms with E-state index in [2.05, 4.69) is 10.6 Å². The van der Waals surface area contributed by atoms with Gasteiger partial charge in [0.25, 0.3) is 5.91 Å². The van der Waals surface area contributed by atoms with Crippen LogP contribution in [-0.2, 0) is 4.79 Å². The number of amides is 2. The fourth-order valence-electron chi connectivity index (χ4n) is 2.43. The molecule has 0 radical (unpaired) electrons. The Hall–Kier alpha value is -2.33. The second-order valence-corrected chi connectivity index (χ2v) is 6.06. The maximum Gasteiger partial charge on any atom is 0.255 e. The van der Waals surface area contributed by atoms with Crippen molar-refractivity contribution < 1.29 is 9.59 Å². The molecule has 0 heterocycles. The van der Waals surface area contributed by atoms with Crippen LogP contribution in [0, 0.1) is 5.92 Å². The molecule has 2 aromatic carbocycles. The highest BCUT2D eigenvalue weighted by Crippen LogP contribution is 2.29. The predicted octanol–water partition coefficient (Wildman–Crippen LogP) is 4.33. The molecule has 4 nitrogen and oxygen atoms in total. The van der Waals surface area contributed by atoms with Gasteiger partial charge in [0.1, 0.15) is 0 Å². The molecule has 2 amide bonds. The second kappa shape index (κ2) is 6.84. The van der Waals surface area contributed by atoms with E-state index in [1.54, 1.807) is 36.4 Å². The summed E-state index contributed by atoms with van der Waals surface area (Å²) in [7, 11) is 0. The first-order valence-electron chi connectivity index (χ1n) is 7.60. The van der Waals surface area contributed by atoms with Gasteiger partial charge in [0.05, 0.1) is 11.4 Å². The van der Waals surface area contributed by atoms with Crippen LogP contribution in [0.3, 0.4) is 0 Å². The quantitative estimate of drug-likeness (QED) is 0.877. The summed E-state index contributed by atoms with van der Waals surface area (Å²) in [6, 6.07) is 13.9. The molecule has 118 valence electrons. The van der Waals surface area contributed by atoms with E-state index < -0.39 is 0 Å². The number of carbonyl (C=O) groups is 2. The number of rotatable bonds is 4. The van der Waals surface area contributed by atoms with Crippen LogP contribution in [0.4, 0.5) is 11.4 Å². The molecular formula is C18H17ClN2O2. The van der Waals surface area contributed by atoms with E-state index in [0.717, 1.165) is 19.3 Å². The van der Waals surface area contributed by atoms with Gasteiger partial charge in [-0.3, -0.25) is 9.59 Å². The lowest BCUT2D eigenvalue weighted by Crippen LogP contribution is -2.28. The van der Waals surface area contributed by atoms with Gasteiger partial charge in [-0.1, -0.05) is 36.2 Å². The van der Waals surface area contributed by atoms with Crippen molar-refractivity contribution in [3.8, 4) is 0 Å². The van der Waals surface area contributed by atoms with Crippen molar-refractivity contribution in [2.75, 3.05) is 10.6 Å². The highest BCUT2D eigenvalue weighted by atomic mass is 35.5. The first-order chi connectivity index (χ1) is 11.1. The van der Waals surface area contributed by atoms with Crippen LogP contribution in [-0.4, -0.2) is 11.8 Å². The number of para-hydroxylation sites is 2. The van der Waals surface area contributed by atoms with Crippen LogP contribution in [0.1, 0.15) is 29.6 Å². The van der Waals surface area contributed by atoms with Crippen molar-refractivity contribution in [1.82, 2.24) is 0 Å². The zero-order chi connectivity index (χ0) is 16.2. The molecule has 1 fully saturated rings. The lowest BCUT2D eigenvalue weighted by Gasteiger charge is -2.24. The van der Waals surface area contributed by atoms with E-state index in [1.807, 2.05) is 12.1 Å². The molecule has 0 aromatic heterocycles. The zero-order valence-electron chi connectivity index (χ0n) is 12.5. The number of halogens is 1. The third-order valence-corrected chi connectivity index (χ3v) is 4.23. The van der Waals surface area contributed by atoms with Crippen LogP contribution in [0.25, 0.3) is 0 Å². The molecule has 0 saturated heterocycles. The van der Waals surface area contributed by atoms with E-state index >= 15 is 0 Å². The first kappa shape index (κ1) is 15.6. The van der Waals surface area contributed by atoms with Gasteiger partial charge in [-0.25, -0.2) is 0 Å². The van der Waals surface area contributed by atoms with Crippen LogP contribution in [0.5, 0.6) is 0 Å². The molecular weight excluding hydrogens is 312 g/mol. The number of carbonyl (C=O) groups excluding carboxylic acids is 2. The molecule has 0 atom stereocenters. The maximum atomic E-state index is 12.3. The Kier molecular flexibility index (Phi) is 4.63. The molecule has 2 aromatic rings. The summed E-state index contributed by atoms with van der Waals surface area (Å²) in [5, 5.41) is 6.23. The number of hydrogen-bond donors (Lipinski definition) is 2. The third kappa shape index (κ3) is 3.71. The van der Waals surface area contributed by atoms with Gasteiger partial charge in [0, 0.05) is 16.5 Å². The average molecular weight is 329 g/mol. The Balaban J connectivity index is 1.74. The van der Waals surface area contributed by atoms with Crippen molar-refractivity contribution in [1.29, 1.82) is 0 Å². The molecule has 0 aliphatic heterocycles. The standard InChI is InChI=1S/C18H17ClN2O2/c19-14-8-4-7-13(11-14)18(23)21-16-10-2-1-9-15(16)20-17(22)12-5-3-6-12/h1-2,4,7-12H,3,5-6H2,(H,20,22)(H,21,23). The first-order valence-corrected chi connectivity index (χ1v) is 7.98. The van der Waals surface area contributed by atoms with Crippen molar-refractivity contribution in [2.24, 2.45) is 5.92 Å². The van der Waals surface area contributed by atoms with Crippen molar-refractivity contribution >= 4 is 34.8 Å². The van der Waals surface area contributed by atoms with Gasteiger partial charge in [0.2, 0.25) is 5.91 Å². The average Bonchev–Trinajstić information content (AvgIpc) is 2.47. The highest BCUT2D eigenvalue weighted by Gasteiger charge is 2.25. The monoisotopic (exact) mass is 328 g/mol. The summed E-state index contributed by atoms with van der Waals surface area (Å²) in [4.78, 5) is 24.4. The molecule has 0 unspecified atom stereocenters. The van der Waals surface area contributed by atoms with Gasteiger partial charge in [-0.15, -0.1) is 0 Å². The smallest absolute Gasteiger partial charge is 0.255 e. The summed E-state index contributed by atoms with van der Waals surface area (Å²) in [5.41, 5.74) is 1.66. The Bertz CT molecular complexity index is 741. The number of nitrogens with one attached hydrogen (secondary N) is 2. The fraction of sp³-hybridized carbons (Fsp3) is 0.222. The number of hydrogen-bond acceptors (Lipinski definition) is 2. The molecule has 1 saturated carbocycles. The molecule has 0 bridgehead atoms. The van der Waals surface area contributed by atoms with E-state index in [4.69, 9.17) is 11.6 Å². The molecule has 5 heteroatoms. The summed E-state index contributed by atoms with van der Waals surface area (Å²) in [6.45, 7) is 0. The Labute approximate surface area is 139 Å². The van der Waals surface area contributed by atoms with Gasteiger partial charge >= 0.3 is 0 Å². The van der Waals surface area contributed by atoms with Gasteiger partial charge in [-0.05, 0) is 43.2 Å². The van der Waals surface area contributed by atoms with Gasteiger partial charge < -0.3 is 10.6 Å². The van der Waals surface area contributed by atoms with Crippen LogP contribution < -0.4 is 10.6 Å². The molecule has 1 aliphatic rings. The fourth-order valence-corrected chi connectivity index (χ4v) is 2.62. The summed E-state index contributed by atoms with van der Waals surface area (Å²) in [6.07, 6.45) is 2.97. The molecule has 23 heavy (non-hydrogen) atoms. The van der Waals surface area contributed by atoms with Gasteiger partial charge in [0.15, 0.2) is 0 Å². The molecule has 2 N–H and O–H groups in total. The lowest BCUT2D eigenvalue weighted by molar-refractivity contribution is -0.122. The Morgan fingerprint density at radius 1 is 0.957 bits per heavy atom. The van der Waals surface area contributed by atoms with Gasteiger partial charge in [-0.2, -0.15) is 0 Å². The van der Waals surface area contributed by atoms with Crippen molar-refractivity contribution in [3.63, 3.8) is 0 Å². The van der Waals surface area contributed by atoms with Crippen LogP contribution >= 0.6 is 11.6 Å². The summed E-state index contributed by atoms with van der Waals surface area (Å²) in [5.74, 6) is -0.162. The minimum absolute atomic E-state index is 0.0145. The minimum Gasteiger partial charge on any atom is -0.324 e. The van der Waals surface area contributed by atoms with E-state index in [1.165, 1.54) is 0 Å². The van der Waals surface area contributed by atoms with Crippen molar-refractivity contribution in [3.05, 3.63) is 59.1 Å². The molecule has 3 rings (SSSR count). The lowest BCUT2D eigenvalue weighted by atomic mass is 9.85. The van der Waals surface area contributed by atoms with Crippen molar-refractivity contribution in [2.45, 2.75) is 19.3 Å². The Morgan fingerprint density at radius 3 is 2.26 bits per heavy atom. The van der Waals surface area contributed by atoms with E-state index in [-0.39, 0.29) is 17.7 Å². The highest BCUT2D eigenvalue weighted by molar-refractivity contribution is 6.31. The molecule has 0 spiro atoms.